The maximum Gasteiger partial charge on any atom is 0.221 e. The van der Waals surface area contributed by atoms with Gasteiger partial charge in [-0.25, -0.2) is 4.68 Å². The van der Waals surface area contributed by atoms with Crippen LogP contribution in [0.25, 0.3) is 11.4 Å². The van der Waals surface area contributed by atoms with E-state index >= 15 is 0 Å². The van der Waals surface area contributed by atoms with Crippen LogP contribution in [0.3, 0.4) is 0 Å². The van der Waals surface area contributed by atoms with Gasteiger partial charge in [-0.15, -0.1) is 0 Å². The van der Waals surface area contributed by atoms with E-state index in [1.165, 1.54) is 16.9 Å². The molecule has 7 heteroatoms. The first-order chi connectivity index (χ1) is 13.7. The van der Waals surface area contributed by atoms with Crippen molar-refractivity contribution in [3.8, 4) is 22.9 Å². The van der Waals surface area contributed by atoms with Crippen molar-refractivity contribution in [2.45, 2.75) is 25.6 Å². The van der Waals surface area contributed by atoms with Crippen molar-refractivity contribution >= 4 is 12.2 Å². The Kier molecular flexibility index (Phi) is 5.45. The van der Waals surface area contributed by atoms with Crippen LogP contribution in [-0.4, -0.2) is 35.5 Å². The number of nitrogens with zero attached hydrogens (tertiary/aromatic N) is 2. The van der Waals surface area contributed by atoms with E-state index in [4.69, 9.17) is 21.7 Å². The summed E-state index contributed by atoms with van der Waals surface area (Å²) >= 11 is 5.51. The third-order valence-electron chi connectivity index (χ3n) is 5.39. The molecular formula is C21H25N4O2S+. The van der Waals surface area contributed by atoms with Crippen molar-refractivity contribution in [1.29, 1.82) is 0 Å². The fourth-order valence-corrected chi connectivity index (χ4v) is 4.18. The second-order valence-corrected chi connectivity index (χ2v) is 7.38. The predicted molar refractivity (Wildman–Crippen MR) is 110 cm³/mol. The molecule has 3 aromatic rings. The smallest absolute Gasteiger partial charge is 0.221 e. The molecule has 0 saturated carbocycles. The lowest BCUT2D eigenvalue weighted by Crippen LogP contribution is -3.09. The summed E-state index contributed by atoms with van der Waals surface area (Å²) in [6.45, 7) is 1.83. The summed E-state index contributed by atoms with van der Waals surface area (Å²) in [6, 6.07) is 16.5. The maximum atomic E-state index is 5.64. The molecule has 2 aromatic carbocycles. The van der Waals surface area contributed by atoms with Gasteiger partial charge in [0.05, 0.1) is 26.3 Å². The second kappa shape index (κ2) is 8.16. The lowest BCUT2D eigenvalue weighted by Gasteiger charge is -2.23. The molecule has 6 nitrogen and oxygen atoms in total. The van der Waals surface area contributed by atoms with Gasteiger partial charge in [0, 0.05) is 24.5 Å². The monoisotopic (exact) mass is 397 g/mol. The molecule has 0 radical (unpaired) electrons. The minimum atomic E-state index is 0.353. The van der Waals surface area contributed by atoms with Gasteiger partial charge < -0.3 is 14.4 Å². The van der Waals surface area contributed by atoms with Gasteiger partial charge in [0.1, 0.15) is 17.5 Å². The van der Waals surface area contributed by atoms with Gasteiger partial charge in [-0.1, -0.05) is 30.3 Å². The molecule has 0 aliphatic carbocycles. The van der Waals surface area contributed by atoms with Crippen molar-refractivity contribution in [2.24, 2.45) is 0 Å². The first-order valence-corrected chi connectivity index (χ1v) is 9.89. The molecule has 2 N–H and O–H groups in total. The molecular weight excluding hydrogens is 372 g/mol. The van der Waals surface area contributed by atoms with Crippen molar-refractivity contribution in [1.82, 2.24) is 14.8 Å². The van der Waals surface area contributed by atoms with Gasteiger partial charge in [0.2, 0.25) is 4.77 Å². The van der Waals surface area contributed by atoms with Crippen LogP contribution < -0.4 is 14.4 Å². The Hall–Kier alpha value is -2.64. The first-order valence-electron chi connectivity index (χ1n) is 9.48. The normalized spacial score (nSPS) is 18.9. The van der Waals surface area contributed by atoms with Gasteiger partial charge in [-0.2, -0.15) is 4.98 Å². The van der Waals surface area contributed by atoms with E-state index in [1.807, 2.05) is 47.1 Å². The fraction of sp³-hybridized carbons (Fsp3) is 0.333. The number of ether oxygens (including phenoxy) is 2. The molecule has 146 valence electrons. The highest BCUT2D eigenvalue weighted by Crippen LogP contribution is 2.31. The largest absolute Gasteiger partial charge is 0.497 e. The summed E-state index contributed by atoms with van der Waals surface area (Å²) in [7, 11) is 3.38. The molecule has 0 bridgehead atoms. The molecule has 1 aliphatic rings. The summed E-state index contributed by atoms with van der Waals surface area (Å²) in [5, 5.41) is 3.37. The van der Waals surface area contributed by atoms with Crippen LogP contribution in [0, 0.1) is 4.77 Å². The van der Waals surface area contributed by atoms with Crippen LogP contribution in [0.15, 0.2) is 48.5 Å². The molecule has 1 aromatic heterocycles. The molecule has 2 atom stereocenters. The highest BCUT2D eigenvalue weighted by molar-refractivity contribution is 7.71. The van der Waals surface area contributed by atoms with Crippen LogP contribution in [0.5, 0.6) is 11.5 Å². The first kappa shape index (κ1) is 18.7. The van der Waals surface area contributed by atoms with Crippen molar-refractivity contribution in [2.75, 3.05) is 20.8 Å². The summed E-state index contributed by atoms with van der Waals surface area (Å²) in [4.78, 5) is 5.99. The number of aromatic nitrogens is 3. The predicted octanol–water partition coefficient (Wildman–Crippen LogP) is 3.00. The van der Waals surface area contributed by atoms with Crippen LogP contribution in [-0.2, 0) is 6.67 Å². The number of likely N-dealkylation sites (tertiary alicyclic amines) is 1. The van der Waals surface area contributed by atoms with E-state index < -0.39 is 0 Å². The standard InChI is InChI=1S/C21H24N4O2S/c1-26-16-10-11-17(19(13-16)27-2)18-9-6-12-24(18)14-25-21(28)22-20(23-25)15-7-4-3-5-8-15/h3-5,7-8,10-11,13,18H,6,9,12,14H2,1-2H3,(H,22,23,28)/p+1/t18-/m0/s1. The van der Waals surface area contributed by atoms with E-state index in [0.29, 0.717) is 10.8 Å². The number of benzene rings is 2. The average Bonchev–Trinajstić information content (AvgIpc) is 3.35. The maximum absolute atomic E-state index is 5.64. The van der Waals surface area contributed by atoms with E-state index in [2.05, 4.69) is 16.1 Å². The Bertz CT molecular complexity index is 999. The average molecular weight is 398 g/mol. The molecule has 0 amide bonds. The summed E-state index contributed by atoms with van der Waals surface area (Å²) < 4.78 is 13.5. The Balaban J connectivity index is 1.59. The molecule has 1 saturated heterocycles. The van der Waals surface area contributed by atoms with Crippen molar-refractivity contribution in [3.63, 3.8) is 0 Å². The van der Waals surface area contributed by atoms with Crippen LogP contribution in [0.4, 0.5) is 0 Å². The number of H-pyrrole nitrogens is 1. The Morgan fingerprint density at radius 3 is 2.75 bits per heavy atom. The second-order valence-electron chi connectivity index (χ2n) is 7.02. The van der Waals surface area contributed by atoms with Crippen LogP contribution in [0.2, 0.25) is 0 Å². The highest BCUT2D eigenvalue weighted by Gasteiger charge is 2.33. The Morgan fingerprint density at radius 1 is 1.18 bits per heavy atom. The van der Waals surface area contributed by atoms with Crippen molar-refractivity contribution in [3.05, 3.63) is 58.9 Å². The zero-order valence-corrected chi connectivity index (χ0v) is 17.0. The van der Waals surface area contributed by atoms with Gasteiger partial charge in [0.25, 0.3) is 0 Å². The molecule has 4 rings (SSSR count). The molecule has 1 fully saturated rings. The third-order valence-corrected chi connectivity index (χ3v) is 5.70. The molecule has 28 heavy (non-hydrogen) atoms. The van der Waals surface area contributed by atoms with E-state index in [1.54, 1.807) is 14.2 Å². The van der Waals surface area contributed by atoms with Gasteiger partial charge >= 0.3 is 0 Å². The lowest BCUT2D eigenvalue weighted by molar-refractivity contribution is -0.941. The number of quaternary nitrogens is 1. The summed E-state index contributed by atoms with van der Waals surface area (Å²) in [5.74, 6) is 2.49. The molecule has 0 spiro atoms. The summed E-state index contributed by atoms with van der Waals surface area (Å²) in [6.07, 6.45) is 2.28. The molecule has 1 aliphatic heterocycles. The zero-order chi connectivity index (χ0) is 19.5. The number of hydrogen-bond donors (Lipinski definition) is 2. The number of nitrogens with one attached hydrogen (secondary N) is 2. The van der Waals surface area contributed by atoms with E-state index in [-0.39, 0.29) is 0 Å². The van der Waals surface area contributed by atoms with Crippen molar-refractivity contribution < 1.29 is 14.4 Å². The molecule has 2 heterocycles. The lowest BCUT2D eigenvalue weighted by atomic mass is 10.0. The minimum absolute atomic E-state index is 0.353. The highest BCUT2D eigenvalue weighted by atomic mass is 32.1. The number of hydrogen-bond acceptors (Lipinski definition) is 4. The third kappa shape index (κ3) is 3.68. The fourth-order valence-electron chi connectivity index (χ4n) is 3.97. The number of rotatable bonds is 6. The SMILES string of the molecule is COc1ccc([C@@H]2CCC[NH+]2Cn2[nH]c(-c3ccccc3)nc2=S)c(OC)c1. The van der Waals surface area contributed by atoms with Gasteiger partial charge in [-0.3, -0.25) is 5.10 Å². The Labute approximate surface area is 169 Å². The topological polar surface area (TPSA) is 56.5 Å². The summed E-state index contributed by atoms with van der Waals surface area (Å²) in [5.41, 5.74) is 2.25. The number of methoxy groups -OCH3 is 2. The Morgan fingerprint density at radius 2 is 2.00 bits per heavy atom. The minimum Gasteiger partial charge on any atom is -0.497 e. The van der Waals surface area contributed by atoms with Gasteiger partial charge in [0.15, 0.2) is 12.5 Å². The quantitative estimate of drug-likeness (QED) is 0.628. The van der Waals surface area contributed by atoms with Crippen LogP contribution in [0.1, 0.15) is 24.4 Å². The number of aromatic amines is 1. The zero-order valence-electron chi connectivity index (χ0n) is 16.1. The van der Waals surface area contributed by atoms with Crippen LogP contribution >= 0.6 is 12.2 Å². The van der Waals surface area contributed by atoms with E-state index in [0.717, 1.165) is 42.5 Å². The van der Waals surface area contributed by atoms with Gasteiger partial charge in [-0.05, 0) is 24.4 Å². The van der Waals surface area contributed by atoms with E-state index in [9.17, 15) is 0 Å². The molecule has 1 unspecified atom stereocenters.